The van der Waals surface area contributed by atoms with Crippen molar-refractivity contribution < 1.29 is 0 Å². The second kappa shape index (κ2) is 6.41. The Bertz CT molecular complexity index is 116. The topological polar surface area (TPSA) is 12.0 Å². The van der Waals surface area contributed by atoms with Crippen LogP contribution in [0.5, 0.6) is 0 Å². The van der Waals surface area contributed by atoms with Crippen molar-refractivity contribution in [3.63, 3.8) is 0 Å². The third kappa shape index (κ3) is 5.02. The molecule has 0 saturated heterocycles. The minimum atomic E-state index is 0.756. The Morgan fingerprint density at radius 2 is 2.18 bits per heavy atom. The Kier molecular flexibility index (Phi) is 6.24. The smallest absolute Gasteiger partial charge is 0.00172 e. The second-order valence-electron chi connectivity index (χ2n) is 3.15. The van der Waals surface area contributed by atoms with Gasteiger partial charge in [-0.2, -0.15) is 0 Å². The zero-order chi connectivity index (χ0) is 8.69. The number of allylic oxidation sites excluding steroid dienone is 1. The van der Waals surface area contributed by atoms with Gasteiger partial charge in [-0.05, 0) is 39.3 Å². The van der Waals surface area contributed by atoms with Crippen LogP contribution in [0, 0.1) is 5.92 Å². The molecule has 0 fully saturated rings. The van der Waals surface area contributed by atoms with Crippen molar-refractivity contribution in [3.8, 4) is 0 Å². The molecule has 0 aromatic rings. The molecule has 0 spiro atoms. The lowest BCUT2D eigenvalue weighted by Crippen LogP contribution is -2.06. The third-order valence-corrected chi connectivity index (χ3v) is 2.25. The van der Waals surface area contributed by atoms with Gasteiger partial charge in [0, 0.05) is 0 Å². The van der Waals surface area contributed by atoms with Crippen LogP contribution in [0.4, 0.5) is 0 Å². The molecule has 0 radical (unpaired) electrons. The highest BCUT2D eigenvalue weighted by Crippen LogP contribution is 2.13. The second-order valence-corrected chi connectivity index (χ2v) is 3.15. The molecule has 1 nitrogen and oxygen atoms in total. The first-order valence-corrected chi connectivity index (χ1v) is 4.53. The minimum absolute atomic E-state index is 0.756. The van der Waals surface area contributed by atoms with Gasteiger partial charge < -0.3 is 5.32 Å². The van der Waals surface area contributed by atoms with Gasteiger partial charge in [-0.1, -0.05) is 25.5 Å². The van der Waals surface area contributed by atoms with Crippen molar-refractivity contribution in [1.29, 1.82) is 0 Å². The first-order chi connectivity index (χ1) is 5.22. The van der Waals surface area contributed by atoms with Gasteiger partial charge in [0.2, 0.25) is 0 Å². The van der Waals surface area contributed by atoms with E-state index in [2.05, 4.69) is 32.2 Å². The average Bonchev–Trinajstić information content (AvgIpc) is 2.03. The average molecular weight is 155 g/mol. The molecule has 0 saturated carbocycles. The van der Waals surface area contributed by atoms with Gasteiger partial charge in [0.05, 0.1) is 0 Å². The molecule has 0 aliphatic carbocycles. The summed E-state index contributed by atoms with van der Waals surface area (Å²) in [5.74, 6) is 0.756. The summed E-state index contributed by atoms with van der Waals surface area (Å²) in [6.45, 7) is 7.84. The highest BCUT2D eigenvalue weighted by atomic mass is 14.8. The van der Waals surface area contributed by atoms with Gasteiger partial charge in [-0.25, -0.2) is 0 Å². The number of rotatable bonds is 5. The maximum atomic E-state index is 3.14. The molecule has 0 rings (SSSR count). The van der Waals surface area contributed by atoms with Crippen LogP contribution in [0.15, 0.2) is 11.6 Å². The molecule has 1 atom stereocenters. The minimum Gasteiger partial charge on any atom is -0.319 e. The molecule has 0 amide bonds. The normalized spacial score (nSPS) is 15.1. The lowest BCUT2D eigenvalue weighted by atomic mass is 9.99. The summed E-state index contributed by atoms with van der Waals surface area (Å²) in [4.78, 5) is 0. The predicted octanol–water partition coefficient (Wildman–Crippen LogP) is 2.59. The molecule has 1 N–H and O–H groups in total. The van der Waals surface area contributed by atoms with E-state index in [4.69, 9.17) is 0 Å². The summed E-state index contributed by atoms with van der Waals surface area (Å²) < 4.78 is 0. The lowest BCUT2D eigenvalue weighted by Gasteiger charge is -2.08. The molecule has 0 heterocycles. The molecule has 0 aromatic carbocycles. The molecule has 1 heteroatoms. The van der Waals surface area contributed by atoms with Crippen molar-refractivity contribution in [1.82, 2.24) is 5.32 Å². The van der Waals surface area contributed by atoms with E-state index >= 15 is 0 Å². The zero-order valence-electron chi connectivity index (χ0n) is 8.28. The largest absolute Gasteiger partial charge is 0.319 e. The Morgan fingerprint density at radius 3 is 2.64 bits per heavy atom. The molecule has 0 aliphatic heterocycles. The number of hydrogen-bond acceptors (Lipinski definition) is 1. The monoisotopic (exact) mass is 155 g/mol. The summed E-state index contributed by atoms with van der Waals surface area (Å²) in [6, 6.07) is 0. The van der Waals surface area contributed by atoms with E-state index in [1.807, 2.05) is 7.05 Å². The van der Waals surface area contributed by atoms with Crippen molar-refractivity contribution in [2.75, 3.05) is 13.6 Å². The van der Waals surface area contributed by atoms with Crippen molar-refractivity contribution in [2.24, 2.45) is 5.92 Å². The summed E-state index contributed by atoms with van der Waals surface area (Å²) in [6.07, 6.45) is 4.75. The molecule has 0 bridgehead atoms. The zero-order valence-corrected chi connectivity index (χ0v) is 8.28. The molecular formula is C10H21N. The van der Waals surface area contributed by atoms with Crippen LogP contribution in [-0.4, -0.2) is 13.6 Å². The van der Waals surface area contributed by atoms with E-state index in [9.17, 15) is 0 Å². The Morgan fingerprint density at radius 1 is 1.55 bits per heavy atom. The van der Waals surface area contributed by atoms with E-state index in [0.29, 0.717) is 0 Å². The third-order valence-electron chi connectivity index (χ3n) is 2.25. The summed E-state index contributed by atoms with van der Waals surface area (Å²) >= 11 is 0. The summed E-state index contributed by atoms with van der Waals surface area (Å²) in [7, 11) is 1.99. The SMILES string of the molecule is CCC(C)C(C)=CCCNC. The van der Waals surface area contributed by atoms with Gasteiger partial charge in [-0.15, -0.1) is 0 Å². The first kappa shape index (κ1) is 10.7. The predicted molar refractivity (Wildman–Crippen MR) is 51.8 cm³/mol. The fraction of sp³-hybridized carbons (Fsp3) is 0.800. The van der Waals surface area contributed by atoms with Crippen molar-refractivity contribution in [3.05, 3.63) is 11.6 Å². The molecule has 1 unspecified atom stereocenters. The summed E-state index contributed by atoms with van der Waals surface area (Å²) in [5.41, 5.74) is 1.53. The van der Waals surface area contributed by atoms with Gasteiger partial charge in [0.1, 0.15) is 0 Å². The first-order valence-electron chi connectivity index (χ1n) is 4.53. The van der Waals surface area contributed by atoms with E-state index in [0.717, 1.165) is 18.9 Å². The van der Waals surface area contributed by atoms with E-state index in [1.165, 1.54) is 12.0 Å². The maximum Gasteiger partial charge on any atom is -0.00172 e. The number of hydrogen-bond donors (Lipinski definition) is 1. The van der Waals surface area contributed by atoms with Crippen LogP contribution in [0.3, 0.4) is 0 Å². The van der Waals surface area contributed by atoms with Crippen molar-refractivity contribution >= 4 is 0 Å². The van der Waals surface area contributed by atoms with Crippen LogP contribution in [0.2, 0.25) is 0 Å². The van der Waals surface area contributed by atoms with Crippen LogP contribution >= 0.6 is 0 Å². The Labute approximate surface area is 70.9 Å². The van der Waals surface area contributed by atoms with Crippen LogP contribution in [0.1, 0.15) is 33.6 Å². The lowest BCUT2D eigenvalue weighted by molar-refractivity contribution is 0.649. The van der Waals surface area contributed by atoms with Crippen LogP contribution in [0.25, 0.3) is 0 Å². The van der Waals surface area contributed by atoms with E-state index < -0.39 is 0 Å². The van der Waals surface area contributed by atoms with Gasteiger partial charge in [-0.3, -0.25) is 0 Å². The molecule has 0 aromatic heterocycles. The molecule has 0 aliphatic rings. The molecule has 11 heavy (non-hydrogen) atoms. The standard InChI is InChI=1S/C10H21N/c1-5-9(2)10(3)7-6-8-11-4/h7,9,11H,5-6,8H2,1-4H3. The van der Waals surface area contributed by atoms with Crippen LogP contribution < -0.4 is 5.32 Å². The van der Waals surface area contributed by atoms with Gasteiger partial charge >= 0.3 is 0 Å². The quantitative estimate of drug-likeness (QED) is 0.475. The van der Waals surface area contributed by atoms with E-state index in [1.54, 1.807) is 0 Å². The van der Waals surface area contributed by atoms with Crippen molar-refractivity contribution in [2.45, 2.75) is 33.6 Å². The highest BCUT2D eigenvalue weighted by molar-refractivity contribution is 5.01. The summed E-state index contributed by atoms with van der Waals surface area (Å²) in [5, 5.41) is 3.14. The number of nitrogens with one attached hydrogen (secondary N) is 1. The van der Waals surface area contributed by atoms with Crippen LogP contribution in [-0.2, 0) is 0 Å². The maximum absolute atomic E-state index is 3.14. The Balaban J connectivity index is 3.61. The fourth-order valence-electron chi connectivity index (χ4n) is 0.967. The molecule has 66 valence electrons. The highest BCUT2D eigenvalue weighted by Gasteiger charge is 1.98. The Hall–Kier alpha value is -0.300. The fourth-order valence-corrected chi connectivity index (χ4v) is 0.967. The van der Waals surface area contributed by atoms with E-state index in [-0.39, 0.29) is 0 Å². The van der Waals surface area contributed by atoms with Gasteiger partial charge in [0.15, 0.2) is 0 Å². The van der Waals surface area contributed by atoms with Gasteiger partial charge in [0.25, 0.3) is 0 Å². The molecular weight excluding hydrogens is 134 g/mol.